The number of anilines is 1. The molecule has 2 saturated heterocycles. The summed E-state index contributed by atoms with van der Waals surface area (Å²) in [6.45, 7) is 5.71. The largest absolute Gasteiger partial charge is 0.489 e. The summed E-state index contributed by atoms with van der Waals surface area (Å²) in [6.07, 6.45) is 4.23. The van der Waals surface area contributed by atoms with E-state index in [1.54, 1.807) is 6.20 Å². The lowest BCUT2D eigenvalue weighted by Gasteiger charge is -2.34. The minimum Gasteiger partial charge on any atom is -0.489 e. The number of ether oxygens (including phenoxy) is 2. The van der Waals surface area contributed by atoms with E-state index in [4.69, 9.17) is 14.5 Å². The van der Waals surface area contributed by atoms with Gasteiger partial charge in [-0.25, -0.2) is 9.97 Å². The van der Waals surface area contributed by atoms with Crippen LogP contribution in [0.3, 0.4) is 0 Å². The smallest absolute Gasteiger partial charge is 0.137 e. The van der Waals surface area contributed by atoms with Gasteiger partial charge in [0.05, 0.1) is 24.5 Å². The van der Waals surface area contributed by atoms with Crippen LogP contribution in [-0.2, 0) is 11.2 Å². The number of hydrogen-bond acceptors (Lipinski definition) is 7. The van der Waals surface area contributed by atoms with Gasteiger partial charge in [0, 0.05) is 62.9 Å². The van der Waals surface area contributed by atoms with Gasteiger partial charge in [0.15, 0.2) is 0 Å². The second-order valence-electron chi connectivity index (χ2n) is 9.24. The van der Waals surface area contributed by atoms with Crippen molar-refractivity contribution >= 4 is 5.69 Å². The molecule has 0 aliphatic carbocycles. The molecule has 2 aromatic carbocycles. The summed E-state index contributed by atoms with van der Waals surface area (Å²) < 4.78 is 11.5. The van der Waals surface area contributed by atoms with Gasteiger partial charge in [-0.1, -0.05) is 12.1 Å². The van der Waals surface area contributed by atoms with Crippen molar-refractivity contribution in [3.8, 4) is 23.1 Å². The van der Waals surface area contributed by atoms with Gasteiger partial charge in [-0.3, -0.25) is 0 Å². The quantitative estimate of drug-likeness (QED) is 0.542. The van der Waals surface area contributed by atoms with Crippen molar-refractivity contribution in [2.75, 3.05) is 51.3 Å². The standard InChI is InChI=1S/C28H31N5O2/c1-32-12-14-33(15-13-32)24-5-2-21(3-6-24)18-28-30-11-8-26(31-28)22-4-7-27(23(19-22)20-29)35-25-9-16-34-17-10-25/h2-8,11,19,25H,9-10,12-18H2,1H3. The van der Waals surface area contributed by atoms with E-state index >= 15 is 0 Å². The normalized spacial score (nSPS) is 17.2. The van der Waals surface area contributed by atoms with E-state index in [9.17, 15) is 5.26 Å². The molecule has 5 rings (SSSR count). The third-order valence-electron chi connectivity index (χ3n) is 6.73. The lowest BCUT2D eigenvalue weighted by molar-refractivity contribution is 0.0254. The van der Waals surface area contributed by atoms with Crippen LogP contribution in [-0.4, -0.2) is 67.4 Å². The molecule has 2 fully saturated rings. The second kappa shape index (κ2) is 10.9. The molecule has 0 spiro atoms. The van der Waals surface area contributed by atoms with Gasteiger partial charge >= 0.3 is 0 Å². The molecule has 180 valence electrons. The Morgan fingerprint density at radius 3 is 2.54 bits per heavy atom. The summed E-state index contributed by atoms with van der Waals surface area (Å²) >= 11 is 0. The molecule has 35 heavy (non-hydrogen) atoms. The Labute approximate surface area is 206 Å². The van der Waals surface area contributed by atoms with Crippen LogP contribution in [0.25, 0.3) is 11.3 Å². The number of nitrogens with zero attached hydrogens (tertiary/aromatic N) is 5. The first-order valence-electron chi connectivity index (χ1n) is 12.3. The van der Waals surface area contributed by atoms with Crippen LogP contribution in [0.5, 0.6) is 5.75 Å². The predicted molar refractivity (Wildman–Crippen MR) is 136 cm³/mol. The van der Waals surface area contributed by atoms with Gasteiger partial charge < -0.3 is 19.3 Å². The number of piperazine rings is 1. The first-order valence-corrected chi connectivity index (χ1v) is 12.3. The zero-order chi connectivity index (χ0) is 24.0. The molecule has 7 heteroatoms. The summed E-state index contributed by atoms with van der Waals surface area (Å²) in [5, 5.41) is 9.70. The van der Waals surface area contributed by atoms with Crippen LogP contribution in [0, 0.1) is 11.3 Å². The Kier molecular flexibility index (Phi) is 7.22. The molecule has 3 aromatic rings. The minimum absolute atomic E-state index is 0.0926. The van der Waals surface area contributed by atoms with E-state index in [1.807, 2.05) is 24.3 Å². The average Bonchev–Trinajstić information content (AvgIpc) is 2.91. The Morgan fingerprint density at radius 1 is 1.03 bits per heavy atom. The molecule has 0 N–H and O–H groups in total. The lowest BCUT2D eigenvalue weighted by atomic mass is 10.1. The maximum absolute atomic E-state index is 9.70. The van der Waals surface area contributed by atoms with E-state index in [1.165, 1.54) is 11.3 Å². The summed E-state index contributed by atoms with van der Waals surface area (Å²) in [5.41, 5.74) is 4.66. The number of aromatic nitrogens is 2. The maximum atomic E-state index is 9.70. The first-order chi connectivity index (χ1) is 17.2. The molecule has 7 nitrogen and oxygen atoms in total. The van der Waals surface area contributed by atoms with Gasteiger partial charge in [-0.15, -0.1) is 0 Å². The highest BCUT2D eigenvalue weighted by atomic mass is 16.5. The minimum atomic E-state index is 0.0926. The Morgan fingerprint density at radius 2 is 1.80 bits per heavy atom. The third kappa shape index (κ3) is 5.79. The highest BCUT2D eigenvalue weighted by molar-refractivity contribution is 5.64. The maximum Gasteiger partial charge on any atom is 0.137 e. The molecule has 0 bridgehead atoms. The molecule has 0 saturated carbocycles. The molecule has 0 radical (unpaired) electrons. The molecule has 0 unspecified atom stereocenters. The van der Waals surface area contributed by atoms with Crippen LogP contribution in [0.4, 0.5) is 5.69 Å². The third-order valence-corrected chi connectivity index (χ3v) is 6.73. The molecule has 0 atom stereocenters. The Hall–Kier alpha value is -3.47. The van der Waals surface area contributed by atoms with Crippen LogP contribution in [0.1, 0.15) is 29.8 Å². The number of benzene rings is 2. The fourth-order valence-corrected chi connectivity index (χ4v) is 4.57. The van der Waals surface area contributed by atoms with Crippen LogP contribution < -0.4 is 9.64 Å². The van der Waals surface area contributed by atoms with Gasteiger partial charge in [0.1, 0.15) is 23.7 Å². The van der Waals surface area contributed by atoms with E-state index in [0.717, 1.165) is 56.1 Å². The topological polar surface area (TPSA) is 74.5 Å². The highest BCUT2D eigenvalue weighted by Gasteiger charge is 2.18. The lowest BCUT2D eigenvalue weighted by Crippen LogP contribution is -2.44. The molecular weight excluding hydrogens is 438 g/mol. The van der Waals surface area contributed by atoms with Crippen molar-refractivity contribution in [1.29, 1.82) is 5.26 Å². The van der Waals surface area contributed by atoms with Crippen LogP contribution in [0.2, 0.25) is 0 Å². The SMILES string of the molecule is CN1CCN(c2ccc(Cc3nccc(-c4ccc(OC5CCOCC5)c(C#N)c4)n3)cc2)CC1. The highest BCUT2D eigenvalue weighted by Crippen LogP contribution is 2.28. The predicted octanol–water partition coefficient (Wildman–Crippen LogP) is 3.92. The van der Waals surface area contributed by atoms with Gasteiger partial charge in [-0.05, 0) is 49.0 Å². The van der Waals surface area contributed by atoms with E-state index in [0.29, 0.717) is 30.9 Å². The monoisotopic (exact) mass is 469 g/mol. The first kappa shape index (κ1) is 23.3. The Bertz CT molecular complexity index is 1180. The molecule has 1 aromatic heterocycles. The molecule has 2 aliphatic rings. The second-order valence-corrected chi connectivity index (χ2v) is 9.24. The van der Waals surface area contributed by atoms with E-state index in [2.05, 4.69) is 52.2 Å². The zero-order valence-electron chi connectivity index (χ0n) is 20.2. The number of likely N-dealkylation sites (N-methyl/N-ethyl adjacent to an activating group) is 1. The van der Waals surface area contributed by atoms with Crippen LogP contribution in [0.15, 0.2) is 54.7 Å². The van der Waals surface area contributed by atoms with Crippen molar-refractivity contribution in [2.45, 2.75) is 25.4 Å². The number of hydrogen-bond donors (Lipinski definition) is 0. The van der Waals surface area contributed by atoms with Crippen LogP contribution >= 0.6 is 0 Å². The fourth-order valence-electron chi connectivity index (χ4n) is 4.57. The number of nitriles is 1. The molecular formula is C28H31N5O2. The van der Waals surface area contributed by atoms with Gasteiger partial charge in [-0.2, -0.15) is 5.26 Å². The molecule has 3 heterocycles. The van der Waals surface area contributed by atoms with Gasteiger partial charge in [0.2, 0.25) is 0 Å². The Balaban J connectivity index is 1.27. The number of rotatable bonds is 6. The summed E-state index contributed by atoms with van der Waals surface area (Å²) in [5.74, 6) is 1.38. The van der Waals surface area contributed by atoms with Gasteiger partial charge in [0.25, 0.3) is 0 Å². The van der Waals surface area contributed by atoms with Crippen molar-refractivity contribution in [1.82, 2.24) is 14.9 Å². The zero-order valence-corrected chi connectivity index (χ0v) is 20.2. The molecule has 0 amide bonds. The summed E-state index contributed by atoms with van der Waals surface area (Å²) in [4.78, 5) is 14.1. The van der Waals surface area contributed by atoms with E-state index < -0.39 is 0 Å². The average molecular weight is 470 g/mol. The van der Waals surface area contributed by atoms with Crippen molar-refractivity contribution in [3.63, 3.8) is 0 Å². The fraction of sp³-hybridized carbons (Fsp3) is 0.393. The van der Waals surface area contributed by atoms with Crippen molar-refractivity contribution < 1.29 is 9.47 Å². The molecule has 2 aliphatic heterocycles. The van der Waals surface area contributed by atoms with Crippen molar-refractivity contribution in [2.24, 2.45) is 0 Å². The van der Waals surface area contributed by atoms with Crippen molar-refractivity contribution in [3.05, 3.63) is 71.7 Å². The summed E-state index contributed by atoms with van der Waals surface area (Å²) in [7, 11) is 2.17. The summed E-state index contributed by atoms with van der Waals surface area (Å²) in [6, 6.07) is 18.6. The van der Waals surface area contributed by atoms with E-state index in [-0.39, 0.29) is 6.10 Å².